The van der Waals surface area contributed by atoms with Crippen LogP contribution in [0.5, 0.6) is 17.4 Å². The van der Waals surface area contributed by atoms with Crippen LogP contribution < -0.4 is 9.47 Å². The molecule has 0 amide bonds. The number of nitrogens with zero attached hydrogens (tertiary/aromatic N) is 3. The Bertz CT molecular complexity index is 1050. The van der Waals surface area contributed by atoms with E-state index in [1.807, 2.05) is 0 Å². The standard InChI is InChI=1S/C18H16F3N3O4/c1-17(2)15(25)14(24-8-11-13(16(24)26)23-6-5-22-11)10-7-9(27-18(19,20)21)3-4-12(10)28-17/h3-8,14-15,25-26H,1-2H3/t14-,15+/m0/s1. The van der Waals surface area contributed by atoms with Crippen LogP contribution in [-0.2, 0) is 0 Å². The summed E-state index contributed by atoms with van der Waals surface area (Å²) >= 11 is 0. The van der Waals surface area contributed by atoms with Gasteiger partial charge in [0, 0.05) is 24.2 Å². The van der Waals surface area contributed by atoms with Crippen molar-refractivity contribution in [1.29, 1.82) is 0 Å². The molecular formula is C18H16F3N3O4. The van der Waals surface area contributed by atoms with Crippen LogP contribution in [0.4, 0.5) is 13.2 Å². The predicted octanol–water partition coefficient (Wildman–Crippen LogP) is 3.16. The lowest BCUT2D eigenvalue weighted by atomic mass is 9.86. The van der Waals surface area contributed by atoms with Gasteiger partial charge in [0.05, 0.1) is 6.04 Å². The molecule has 3 aromatic rings. The summed E-state index contributed by atoms with van der Waals surface area (Å²) < 4.78 is 49.0. The summed E-state index contributed by atoms with van der Waals surface area (Å²) in [5.41, 5.74) is -0.262. The number of aliphatic hydroxyl groups is 1. The summed E-state index contributed by atoms with van der Waals surface area (Å²) in [4.78, 5) is 8.17. The van der Waals surface area contributed by atoms with Crippen LogP contribution in [-0.4, -0.2) is 42.8 Å². The molecule has 0 radical (unpaired) electrons. The predicted molar refractivity (Wildman–Crippen MR) is 91.2 cm³/mol. The van der Waals surface area contributed by atoms with Gasteiger partial charge in [-0.2, -0.15) is 0 Å². The lowest BCUT2D eigenvalue weighted by Gasteiger charge is -2.42. The highest BCUT2D eigenvalue weighted by Crippen LogP contribution is 2.46. The molecule has 28 heavy (non-hydrogen) atoms. The molecule has 0 saturated carbocycles. The fourth-order valence-corrected chi connectivity index (χ4v) is 3.39. The second-order valence-electron chi connectivity index (χ2n) is 6.99. The summed E-state index contributed by atoms with van der Waals surface area (Å²) in [5, 5.41) is 21.5. The molecule has 0 spiro atoms. The molecule has 148 valence electrons. The Morgan fingerprint density at radius 3 is 2.61 bits per heavy atom. The minimum Gasteiger partial charge on any atom is -0.493 e. The van der Waals surface area contributed by atoms with E-state index in [0.29, 0.717) is 5.52 Å². The van der Waals surface area contributed by atoms with Gasteiger partial charge in [-0.3, -0.25) is 4.98 Å². The third-order valence-corrected chi connectivity index (χ3v) is 4.66. The Balaban J connectivity index is 1.90. The summed E-state index contributed by atoms with van der Waals surface area (Å²) in [6.45, 7) is 3.29. The molecule has 0 saturated heterocycles. The number of fused-ring (bicyclic) bond motifs is 2. The molecule has 1 aromatic carbocycles. The van der Waals surface area contributed by atoms with Gasteiger partial charge in [-0.15, -0.1) is 13.2 Å². The van der Waals surface area contributed by atoms with E-state index in [2.05, 4.69) is 14.7 Å². The molecule has 2 N–H and O–H groups in total. The Morgan fingerprint density at radius 2 is 1.93 bits per heavy atom. The van der Waals surface area contributed by atoms with Gasteiger partial charge in [0.15, 0.2) is 5.52 Å². The van der Waals surface area contributed by atoms with Crippen LogP contribution >= 0.6 is 0 Å². The first-order valence-electron chi connectivity index (χ1n) is 8.34. The number of halogens is 3. The van der Waals surface area contributed by atoms with Crippen molar-refractivity contribution in [1.82, 2.24) is 14.5 Å². The van der Waals surface area contributed by atoms with Crippen LogP contribution in [0.1, 0.15) is 25.5 Å². The smallest absolute Gasteiger partial charge is 0.493 e. The number of ether oxygens (including phenoxy) is 2. The largest absolute Gasteiger partial charge is 0.573 e. The minimum atomic E-state index is -4.87. The zero-order valence-corrected chi connectivity index (χ0v) is 14.8. The summed E-state index contributed by atoms with van der Waals surface area (Å²) in [6.07, 6.45) is -1.74. The second-order valence-corrected chi connectivity index (χ2v) is 6.99. The third-order valence-electron chi connectivity index (χ3n) is 4.66. The molecule has 0 fully saturated rings. The third kappa shape index (κ3) is 2.99. The quantitative estimate of drug-likeness (QED) is 0.693. The van der Waals surface area contributed by atoms with Crippen molar-refractivity contribution < 1.29 is 32.9 Å². The number of hydrogen-bond acceptors (Lipinski definition) is 6. The molecule has 0 bridgehead atoms. The molecule has 0 unspecified atom stereocenters. The van der Waals surface area contributed by atoms with Crippen LogP contribution in [0.3, 0.4) is 0 Å². The van der Waals surface area contributed by atoms with E-state index in [4.69, 9.17) is 4.74 Å². The SMILES string of the molecule is CC1(C)Oc2ccc(OC(F)(F)F)cc2[C@H](n2cc3nccnc3c2O)[C@H]1O. The number of benzene rings is 1. The molecular weight excluding hydrogens is 379 g/mol. The molecule has 4 rings (SSSR count). The highest BCUT2D eigenvalue weighted by Gasteiger charge is 2.45. The lowest BCUT2D eigenvalue weighted by Crippen LogP contribution is -2.50. The average Bonchev–Trinajstić information content (AvgIpc) is 2.92. The zero-order valence-electron chi connectivity index (χ0n) is 14.8. The van der Waals surface area contributed by atoms with E-state index in [1.54, 1.807) is 13.8 Å². The maximum atomic E-state index is 12.6. The van der Waals surface area contributed by atoms with Gasteiger partial charge < -0.3 is 24.3 Å². The first kappa shape index (κ1) is 18.4. The normalized spacial score (nSPS) is 21.2. The van der Waals surface area contributed by atoms with Crippen molar-refractivity contribution in [2.75, 3.05) is 0 Å². The Hall–Kier alpha value is -3.01. The number of aromatic hydroxyl groups is 1. The fraction of sp³-hybridized carbons (Fsp3) is 0.333. The van der Waals surface area contributed by atoms with Crippen LogP contribution in [0.2, 0.25) is 0 Å². The molecule has 10 heteroatoms. The van der Waals surface area contributed by atoms with Gasteiger partial charge in [-0.05, 0) is 32.0 Å². The first-order chi connectivity index (χ1) is 13.1. The van der Waals surface area contributed by atoms with Gasteiger partial charge in [-0.25, -0.2) is 4.98 Å². The molecule has 1 aliphatic heterocycles. The van der Waals surface area contributed by atoms with E-state index < -0.39 is 29.9 Å². The van der Waals surface area contributed by atoms with Crippen molar-refractivity contribution in [2.45, 2.75) is 38.0 Å². The second kappa shape index (κ2) is 5.99. The molecule has 2 atom stereocenters. The monoisotopic (exact) mass is 395 g/mol. The Morgan fingerprint density at radius 1 is 1.21 bits per heavy atom. The summed E-state index contributed by atoms with van der Waals surface area (Å²) in [7, 11) is 0. The maximum Gasteiger partial charge on any atom is 0.573 e. The number of aliphatic hydroxyl groups excluding tert-OH is 1. The topological polar surface area (TPSA) is 89.6 Å². The summed E-state index contributed by atoms with van der Waals surface area (Å²) in [5.74, 6) is -0.454. The first-order valence-corrected chi connectivity index (χ1v) is 8.34. The molecule has 7 nitrogen and oxygen atoms in total. The molecule has 2 aromatic heterocycles. The van der Waals surface area contributed by atoms with Crippen molar-refractivity contribution in [3.8, 4) is 17.4 Å². The van der Waals surface area contributed by atoms with Crippen molar-refractivity contribution >= 4 is 11.0 Å². The van der Waals surface area contributed by atoms with Gasteiger partial charge in [0.1, 0.15) is 28.7 Å². The van der Waals surface area contributed by atoms with Crippen LogP contribution in [0, 0.1) is 0 Å². The van der Waals surface area contributed by atoms with Gasteiger partial charge in [-0.1, -0.05) is 0 Å². The zero-order chi connectivity index (χ0) is 20.3. The van der Waals surface area contributed by atoms with Crippen molar-refractivity contribution in [2.24, 2.45) is 0 Å². The fourth-order valence-electron chi connectivity index (χ4n) is 3.39. The minimum absolute atomic E-state index is 0.211. The lowest BCUT2D eigenvalue weighted by molar-refractivity contribution is -0.274. The van der Waals surface area contributed by atoms with Gasteiger partial charge >= 0.3 is 6.36 Å². The molecule has 3 heterocycles. The van der Waals surface area contributed by atoms with Crippen molar-refractivity contribution in [3.05, 3.63) is 42.4 Å². The number of aromatic nitrogens is 3. The van der Waals surface area contributed by atoms with Gasteiger partial charge in [0.2, 0.25) is 5.88 Å². The highest BCUT2D eigenvalue weighted by molar-refractivity contribution is 5.80. The molecule has 1 aliphatic rings. The summed E-state index contributed by atoms with van der Waals surface area (Å²) in [6, 6.07) is 2.66. The highest BCUT2D eigenvalue weighted by atomic mass is 19.4. The Labute approximate surface area is 157 Å². The van der Waals surface area contributed by atoms with Crippen LogP contribution in [0.15, 0.2) is 36.8 Å². The van der Waals surface area contributed by atoms with E-state index >= 15 is 0 Å². The maximum absolute atomic E-state index is 12.6. The number of rotatable bonds is 2. The molecule has 0 aliphatic carbocycles. The van der Waals surface area contributed by atoms with E-state index in [-0.39, 0.29) is 22.7 Å². The Kier molecular flexibility index (Phi) is 3.93. The van der Waals surface area contributed by atoms with Crippen molar-refractivity contribution in [3.63, 3.8) is 0 Å². The van der Waals surface area contributed by atoms with Crippen LogP contribution in [0.25, 0.3) is 11.0 Å². The van der Waals surface area contributed by atoms with E-state index in [1.165, 1.54) is 29.2 Å². The van der Waals surface area contributed by atoms with E-state index in [0.717, 1.165) is 12.1 Å². The number of alkyl halides is 3. The van der Waals surface area contributed by atoms with E-state index in [9.17, 15) is 23.4 Å². The van der Waals surface area contributed by atoms with Gasteiger partial charge in [0.25, 0.3) is 0 Å². The number of hydrogen-bond donors (Lipinski definition) is 2. The average molecular weight is 395 g/mol.